The molecule has 0 aromatic rings. The fraction of sp³-hybridized carbons (Fsp3) is 0. The van der Waals surface area contributed by atoms with E-state index < -0.39 is 0 Å². The summed E-state index contributed by atoms with van der Waals surface area (Å²) in [6.07, 6.45) is 0. The van der Waals surface area contributed by atoms with Gasteiger partial charge in [0.05, 0.1) is 0 Å². The van der Waals surface area contributed by atoms with Gasteiger partial charge in [-0.25, -0.2) is 0 Å². The molecule has 0 radical (unpaired) electrons. The summed E-state index contributed by atoms with van der Waals surface area (Å²) in [5.41, 5.74) is 0. The van der Waals surface area contributed by atoms with Gasteiger partial charge in [-0.1, -0.05) is 0 Å². The first-order valence-electron chi connectivity index (χ1n) is 0. The quantitative estimate of drug-likeness (QED) is 0.307. The fourth-order valence-electron chi connectivity index (χ4n) is 0. The van der Waals surface area contributed by atoms with Gasteiger partial charge in [0.15, 0.2) is 0 Å². The largest absolute Gasteiger partial charge is 3.00 e. The van der Waals surface area contributed by atoms with Crippen molar-refractivity contribution in [3.05, 3.63) is 0 Å². The average Bonchev–Trinajstić information content (AvgIpc) is 0. The first-order chi connectivity index (χ1) is 0. The third-order valence-electron chi connectivity index (χ3n) is 0. The Morgan fingerprint density at radius 2 is 0.429 bits per heavy atom. The minimum Gasteiger partial charge on any atom is -1.00 e. The van der Waals surface area contributed by atoms with Gasteiger partial charge in [-0.2, -0.15) is 0 Å². The summed E-state index contributed by atoms with van der Waals surface area (Å²) in [7, 11) is 0. The number of hydrogen-bond donors (Lipinski definition) is 0. The Balaban J connectivity index is 0. The molecule has 0 N–H and O–H groups in total. The summed E-state index contributed by atoms with van der Waals surface area (Å²) in [6.45, 7) is 0. The van der Waals surface area contributed by atoms with Gasteiger partial charge in [0, 0.05) is 0 Å². The fourth-order valence-corrected chi connectivity index (χ4v) is 0. The van der Waals surface area contributed by atoms with Crippen LogP contribution in [0.15, 0.2) is 0 Å². The van der Waals surface area contributed by atoms with E-state index in [0.717, 1.165) is 0 Å². The smallest absolute Gasteiger partial charge is 1.00 e. The normalized spacial score (nSPS) is 0. The predicted molar refractivity (Wildman–Crippen MR) is 5.75 cm³/mol. The van der Waals surface area contributed by atoms with E-state index in [9.17, 15) is 0 Å². The van der Waals surface area contributed by atoms with Crippen molar-refractivity contribution < 1.29 is 62.1 Å². The topological polar surface area (TPSA) is 0 Å². The van der Waals surface area contributed by atoms with E-state index in [1.54, 1.807) is 0 Å². The number of hydrogen-bond acceptors (Lipinski definition) is 0. The van der Waals surface area contributed by atoms with Gasteiger partial charge in [0.2, 0.25) is 0 Å². The van der Waals surface area contributed by atoms with E-state index in [-0.39, 0.29) is 99.9 Å². The molecule has 7 heteroatoms. The van der Waals surface area contributed by atoms with Crippen molar-refractivity contribution >= 4 is 37.7 Å². The van der Waals surface area contributed by atoms with Gasteiger partial charge in [-0.05, 0) is 0 Å². The molecule has 0 aliphatic carbocycles. The SMILES string of the molecule is [Ca+2].[F-].[F-].[F-].[F-].[F-].[Tb+3]. The molecule has 0 nitrogen and oxygen atoms in total. The van der Waals surface area contributed by atoms with E-state index in [1.165, 1.54) is 0 Å². The van der Waals surface area contributed by atoms with Crippen molar-refractivity contribution in [2.45, 2.75) is 0 Å². The monoisotopic (exact) mass is 294 g/mol. The first-order valence-corrected chi connectivity index (χ1v) is 0. The van der Waals surface area contributed by atoms with E-state index in [1.807, 2.05) is 0 Å². The predicted octanol–water partition coefficient (Wildman–Crippen LogP) is -15.4. The van der Waals surface area contributed by atoms with E-state index >= 15 is 0 Å². The third kappa shape index (κ3) is 65.3. The van der Waals surface area contributed by atoms with Crippen LogP contribution in [-0.2, 0) is 0 Å². The first kappa shape index (κ1) is 128. The second-order valence-electron chi connectivity index (χ2n) is 0. The Bertz CT molecular complexity index is 8.04. The Morgan fingerprint density at radius 3 is 0.429 bits per heavy atom. The molecule has 0 saturated heterocycles. The molecule has 0 atom stereocenters. The zero-order valence-corrected chi connectivity index (χ0v) is 7.28. The maximum Gasteiger partial charge on any atom is 3.00 e. The molecule has 0 spiro atoms. The van der Waals surface area contributed by atoms with Gasteiger partial charge >= 0.3 is 76.3 Å². The molecule has 46 valence electrons. The maximum absolute atomic E-state index is 0. The summed E-state index contributed by atoms with van der Waals surface area (Å²) < 4.78 is 0. The minimum atomic E-state index is 0. The second-order valence-corrected chi connectivity index (χ2v) is 0. The standard InChI is InChI=1S/Ca.5FH.Tb/h;5*1H;/q+2;;;;;;+3/p-5. The average molecular weight is 294 g/mol. The zero-order chi connectivity index (χ0) is 0. The van der Waals surface area contributed by atoms with Crippen LogP contribution in [0.3, 0.4) is 0 Å². The van der Waals surface area contributed by atoms with Crippen LogP contribution in [0.25, 0.3) is 0 Å². The molecule has 0 rings (SSSR count). The van der Waals surface area contributed by atoms with Crippen molar-refractivity contribution in [2.24, 2.45) is 0 Å². The molecule has 0 bridgehead atoms. The van der Waals surface area contributed by atoms with Crippen LogP contribution in [-0.4, -0.2) is 37.7 Å². The van der Waals surface area contributed by atoms with Crippen molar-refractivity contribution in [3.63, 3.8) is 0 Å². The second kappa shape index (κ2) is 88.0. The number of halogens is 5. The van der Waals surface area contributed by atoms with Crippen LogP contribution in [0.5, 0.6) is 0 Å². The summed E-state index contributed by atoms with van der Waals surface area (Å²) in [5.74, 6) is 0. The van der Waals surface area contributed by atoms with Crippen LogP contribution < -0.4 is 23.5 Å². The van der Waals surface area contributed by atoms with Gasteiger partial charge < -0.3 is 23.5 Å². The van der Waals surface area contributed by atoms with Crippen LogP contribution in [0.4, 0.5) is 0 Å². The summed E-state index contributed by atoms with van der Waals surface area (Å²) in [5, 5.41) is 0. The summed E-state index contributed by atoms with van der Waals surface area (Å²) in [6, 6.07) is 0. The van der Waals surface area contributed by atoms with Crippen molar-refractivity contribution in [1.82, 2.24) is 0 Å². The Hall–Kier alpha value is 2.20. The Kier molecular flexibility index (Phi) is 1610. The summed E-state index contributed by atoms with van der Waals surface area (Å²) >= 11 is 0. The van der Waals surface area contributed by atoms with Gasteiger partial charge in [0.1, 0.15) is 0 Å². The van der Waals surface area contributed by atoms with Gasteiger partial charge in [0.25, 0.3) is 0 Å². The molecule has 0 unspecified atom stereocenters. The molecule has 0 saturated carbocycles. The summed E-state index contributed by atoms with van der Waals surface area (Å²) in [4.78, 5) is 0. The van der Waals surface area contributed by atoms with Crippen LogP contribution in [0.1, 0.15) is 0 Å². The van der Waals surface area contributed by atoms with E-state index in [4.69, 9.17) is 0 Å². The minimum absolute atomic E-state index is 0. The van der Waals surface area contributed by atoms with Crippen LogP contribution >= 0.6 is 0 Å². The molecule has 0 aromatic carbocycles. The van der Waals surface area contributed by atoms with Crippen LogP contribution in [0.2, 0.25) is 0 Å². The molecule has 0 heterocycles. The molecule has 0 amide bonds. The van der Waals surface area contributed by atoms with Crippen molar-refractivity contribution in [2.75, 3.05) is 0 Å². The molecule has 0 fully saturated rings. The Labute approximate surface area is 98.1 Å². The molecular weight excluding hydrogens is 294 g/mol. The molecular formula is CaF5Tb. The maximum atomic E-state index is 0. The van der Waals surface area contributed by atoms with Gasteiger partial charge in [-0.15, -0.1) is 0 Å². The zero-order valence-electron chi connectivity index (χ0n) is 2.93. The number of rotatable bonds is 0. The molecule has 7 heavy (non-hydrogen) atoms. The van der Waals surface area contributed by atoms with E-state index in [2.05, 4.69) is 0 Å². The van der Waals surface area contributed by atoms with E-state index in [0.29, 0.717) is 0 Å². The molecule has 0 aliphatic heterocycles. The van der Waals surface area contributed by atoms with Crippen molar-refractivity contribution in [3.8, 4) is 0 Å². The molecule has 0 aromatic heterocycles. The van der Waals surface area contributed by atoms with Crippen LogP contribution in [0, 0.1) is 38.6 Å². The van der Waals surface area contributed by atoms with Gasteiger partial charge in [-0.3, -0.25) is 0 Å². The third-order valence-corrected chi connectivity index (χ3v) is 0. The van der Waals surface area contributed by atoms with Crippen molar-refractivity contribution in [1.29, 1.82) is 0 Å². The Morgan fingerprint density at radius 1 is 0.429 bits per heavy atom. The molecule has 0 aliphatic rings.